The molecule has 2 atom stereocenters. The number of hydrogen-bond donors (Lipinski definition) is 2. The smallest absolute Gasteiger partial charge is 0.344 e. The van der Waals surface area contributed by atoms with Gasteiger partial charge in [-0.25, -0.2) is 4.79 Å². The Hall–Kier alpha value is -1.79. The van der Waals surface area contributed by atoms with Crippen molar-refractivity contribution < 1.29 is 19.1 Å². The summed E-state index contributed by atoms with van der Waals surface area (Å²) in [5, 5.41) is 6.44. The molecule has 0 aromatic heterocycles. The summed E-state index contributed by atoms with van der Waals surface area (Å²) in [6.45, 7) is 3.62. The molecule has 1 aromatic carbocycles. The van der Waals surface area contributed by atoms with E-state index in [1.54, 1.807) is 25.1 Å². The summed E-state index contributed by atoms with van der Waals surface area (Å²) >= 11 is 0. The number of hydrogen-bond acceptors (Lipinski definition) is 5. The molecule has 2 fully saturated rings. The van der Waals surface area contributed by atoms with Crippen LogP contribution in [0.4, 0.5) is 5.69 Å². The minimum atomic E-state index is -0.405. The molecule has 1 aliphatic carbocycles. The van der Waals surface area contributed by atoms with Gasteiger partial charge in [-0.2, -0.15) is 0 Å². The Morgan fingerprint density at radius 1 is 1.35 bits per heavy atom. The SMILES string of the molecule is CCOC(=O)COc1cccc(NC(=O)[C@@]23CCCC[C@H]2CNC3)c1.Cl. The zero-order valence-electron chi connectivity index (χ0n) is 15.1. The summed E-state index contributed by atoms with van der Waals surface area (Å²) in [4.78, 5) is 24.4. The lowest BCUT2D eigenvalue weighted by Gasteiger charge is -2.37. The third kappa shape index (κ3) is 4.48. The number of carbonyl (C=O) groups is 2. The van der Waals surface area contributed by atoms with Crippen LogP contribution in [-0.4, -0.2) is 38.2 Å². The normalized spacial score (nSPS) is 24.1. The average Bonchev–Trinajstić information content (AvgIpc) is 3.06. The van der Waals surface area contributed by atoms with E-state index in [1.165, 1.54) is 6.42 Å². The highest BCUT2D eigenvalue weighted by Gasteiger charge is 2.49. The average molecular weight is 383 g/mol. The van der Waals surface area contributed by atoms with Gasteiger partial charge in [0.1, 0.15) is 5.75 Å². The van der Waals surface area contributed by atoms with Crippen LogP contribution in [0, 0.1) is 11.3 Å². The maximum Gasteiger partial charge on any atom is 0.344 e. The van der Waals surface area contributed by atoms with Gasteiger partial charge in [0.25, 0.3) is 0 Å². The first-order valence-corrected chi connectivity index (χ1v) is 9.05. The molecule has 1 saturated carbocycles. The van der Waals surface area contributed by atoms with Gasteiger partial charge in [-0.15, -0.1) is 12.4 Å². The number of rotatable bonds is 6. The van der Waals surface area contributed by atoms with Gasteiger partial charge in [-0.05, 0) is 44.4 Å². The second-order valence-corrected chi connectivity index (χ2v) is 6.81. The van der Waals surface area contributed by atoms with Gasteiger partial charge in [-0.1, -0.05) is 18.9 Å². The van der Waals surface area contributed by atoms with E-state index in [-0.39, 0.29) is 30.3 Å². The molecule has 3 rings (SSSR count). The lowest BCUT2D eigenvalue weighted by atomic mass is 9.67. The van der Waals surface area contributed by atoms with Crippen LogP contribution in [0.2, 0.25) is 0 Å². The van der Waals surface area contributed by atoms with E-state index in [9.17, 15) is 9.59 Å². The van der Waals surface area contributed by atoms with Crippen LogP contribution in [0.25, 0.3) is 0 Å². The minimum Gasteiger partial charge on any atom is -0.482 e. The van der Waals surface area contributed by atoms with Crippen molar-refractivity contribution in [1.29, 1.82) is 0 Å². The first kappa shape index (κ1) is 20.5. The quantitative estimate of drug-likeness (QED) is 0.740. The second-order valence-electron chi connectivity index (χ2n) is 6.81. The molecule has 0 bridgehead atoms. The van der Waals surface area contributed by atoms with Crippen molar-refractivity contribution in [1.82, 2.24) is 5.32 Å². The Kier molecular flexibility index (Phi) is 7.29. The first-order chi connectivity index (χ1) is 12.1. The van der Waals surface area contributed by atoms with Gasteiger partial charge >= 0.3 is 5.97 Å². The number of anilines is 1. The predicted molar refractivity (Wildman–Crippen MR) is 102 cm³/mol. The van der Waals surface area contributed by atoms with E-state index >= 15 is 0 Å². The highest BCUT2D eigenvalue weighted by Crippen LogP contribution is 2.44. The zero-order chi connectivity index (χ0) is 17.7. The minimum absolute atomic E-state index is 0. The topological polar surface area (TPSA) is 76.7 Å². The van der Waals surface area contributed by atoms with Crippen LogP contribution in [0.3, 0.4) is 0 Å². The molecule has 2 N–H and O–H groups in total. The molecule has 1 aromatic rings. The van der Waals surface area contributed by atoms with Gasteiger partial charge < -0.3 is 20.1 Å². The number of fused-ring (bicyclic) bond motifs is 1. The molecule has 7 heteroatoms. The molecule has 1 heterocycles. The molecule has 1 saturated heterocycles. The van der Waals surface area contributed by atoms with Crippen LogP contribution in [-0.2, 0) is 14.3 Å². The van der Waals surface area contributed by atoms with Crippen molar-refractivity contribution in [2.24, 2.45) is 11.3 Å². The summed E-state index contributed by atoms with van der Waals surface area (Å²) in [5.74, 6) is 0.639. The fourth-order valence-electron chi connectivity index (χ4n) is 3.95. The van der Waals surface area contributed by atoms with Crippen LogP contribution in [0.1, 0.15) is 32.6 Å². The number of halogens is 1. The predicted octanol–water partition coefficient (Wildman–Crippen LogP) is 2.77. The van der Waals surface area contributed by atoms with Gasteiger partial charge in [0.2, 0.25) is 5.91 Å². The number of carbonyl (C=O) groups excluding carboxylic acids is 2. The molecule has 144 valence electrons. The summed E-state index contributed by atoms with van der Waals surface area (Å²) in [5.41, 5.74) is 0.400. The third-order valence-electron chi connectivity index (χ3n) is 5.24. The lowest BCUT2D eigenvalue weighted by molar-refractivity contribution is -0.145. The van der Waals surface area contributed by atoms with Gasteiger partial charge in [0.15, 0.2) is 6.61 Å². The maximum absolute atomic E-state index is 13.0. The fourth-order valence-corrected chi connectivity index (χ4v) is 3.95. The van der Waals surface area contributed by atoms with Crippen LogP contribution in [0.15, 0.2) is 24.3 Å². The van der Waals surface area contributed by atoms with E-state index in [0.717, 1.165) is 32.4 Å². The van der Waals surface area contributed by atoms with Gasteiger partial charge in [0, 0.05) is 18.3 Å². The van der Waals surface area contributed by atoms with Crippen LogP contribution in [0.5, 0.6) is 5.75 Å². The summed E-state index contributed by atoms with van der Waals surface area (Å²) in [6.07, 6.45) is 4.37. The zero-order valence-corrected chi connectivity index (χ0v) is 15.9. The van der Waals surface area contributed by atoms with Gasteiger partial charge in [0.05, 0.1) is 12.0 Å². The number of nitrogens with one attached hydrogen (secondary N) is 2. The highest BCUT2D eigenvalue weighted by molar-refractivity contribution is 5.96. The van der Waals surface area contributed by atoms with Crippen molar-refractivity contribution in [3.05, 3.63) is 24.3 Å². The van der Waals surface area contributed by atoms with E-state index < -0.39 is 5.97 Å². The van der Waals surface area contributed by atoms with Crippen LogP contribution >= 0.6 is 12.4 Å². The van der Waals surface area contributed by atoms with Crippen molar-refractivity contribution in [2.75, 3.05) is 31.6 Å². The monoisotopic (exact) mass is 382 g/mol. The first-order valence-electron chi connectivity index (χ1n) is 9.05. The Balaban J connectivity index is 0.00000243. The largest absolute Gasteiger partial charge is 0.482 e. The molecule has 0 radical (unpaired) electrons. The van der Waals surface area contributed by atoms with E-state index in [2.05, 4.69) is 10.6 Å². The van der Waals surface area contributed by atoms with Crippen molar-refractivity contribution in [2.45, 2.75) is 32.6 Å². The Morgan fingerprint density at radius 2 is 2.19 bits per heavy atom. The number of ether oxygens (including phenoxy) is 2. The number of benzene rings is 1. The van der Waals surface area contributed by atoms with Gasteiger partial charge in [-0.3, -0.25) is 4.79 Å². The van der Waals surface area contributed by atoms with Crippen LogP contribution < -0.4 is 15.4 Å². The lowest BCUT2D eigenvalue weighted by Crippen LogP contribution is -2.44. The molecular formula is C19H27ClN2O4. The Morgan fingerprint density at radius 3 is 3.00 bits per heavy atom. The molecule has 0 unspecified atom stereocenters. The summed E-state index contributed by atoms with van der Waals surface area (Å²) in [7, 11) is 0. The third-order valence-corrected chi connectivity index (χ3v) is 5.24. The molecular weight excluding hydrogens is 356 g/mol. The molecule has 2 aliphatic rings. The van der Waals surface area contributed by atoms with Crippen molar-refractivity contribution in [3.8, 4) is 5.75 Å². The van der Waals surface area contributed by atoms with Crippen molar-refractivity contribution >= 4 is 30.0 Å². The molecule has 6 nitrogen and oxygen atoms in total. The molecule has 1 aliphatic heterocycles. The standard InChI is InChI=1S/C19H26N2O4.ClH/c1-2-24-17(22)12-25-16-8-5-7-15(10-16)21-18(23)19-9-4-3-6-14(19)11-20-13-19;/h5,7-8,10,14,20H,2-4,6,9,11-13H2,1H3,(H,21,23);1H/t14-,19+;/m0./s1. The van der Waals surface area contributed by atoms with E-state index in [0.29, 0.717) is 24.0 Å². The Bertz CT molecular complexity index is 640. The molecule has 26 heavy (non-hydrogen) atoms. The molecule has 0 spiro atoms. The Labute approximate surface area is 160 Å². The molecule has 1 amide bonds. The summed E-state index contributed by atoms with van der Waals surface area (Å²) in [6, 6.07) is 7.15. The van der Waals surface area contributed by atoms with E-state index in [1.807, 2.05) is 6.07 Å². The second kappa shape index (κ2) is 9.24. The highest BCUT2D eigenvalue weighted by atomic mass is 35.5. The fraction of sp³-hybridized carbons (Fsp3) is 0.579. The summed E-state index contributed by atoms with van der Waals surface area (Å²) < 4.78 is 10.3. The number of esters is 1. The maximum atomic E-state index is 13.0. The van der Waals surface area contributed by atoms with Crippen molar-refractivity contribution in [3.63, 3.8) is 0 Å². The van der Waals surface area contributed by atoms with E-state index in [4.69, 9.17) is 9.47 Å². The number of amides is 1.